The van der Waals surface area contributed by atoms with Crippen LogP contribution in [0.4, 0.5) is 22.7 Å². The molecule has 122 valence electrons. The van der Waals surface area contributed by atoms with Crippen LogP contribution in [0.15, 0.2) is 18.2 Å². The van der Waals surface area contributed by atoms with Gasteiger partial charge in [-0.3, -0.25) is 10.1 Å². The second-order valence-electron chi connectivity index (χ2n) is 5.62. The third-order valence-electron chi connectivity index (χ3n) is 3.70. The largest absolute Gasteiger partial charge is 0.416 e. The monoisotopic (exact) mass is 345 g/mol. The van der Waals surface area contributed by atoms with E-state index in [1.807, 2.05) is 6.92 Å². The van der Waals surface area contributed by atoms with Crippen molar-refractivity contribution in [1.29, 1.82) is 0 Å². The summed E-state index contributed by atoms with van der Waals surface area (Å²) in [5.41, 5.74) is -1.82. The molecule has 1 heterocycles. The lowest BCUT2D eigenvalue weighted by Crippen LogP contribution is -2.15. The summed E-state index contributed by atoms with van der Waals surface area (Å²) in [7, 11) is 0. The molecule has 1 fully saturated rings. The Morgan fingerprint density at radius 1 is 1.30 bits per heavy atom. The van der Waals surface area contributed by atoms with Crippen molar-refractivity contribution in [3.63, 3.8) is 0 Å². The molecule has 23 heavy (non-hydrogen) atoms. The Labute approximate surface area is 132 Å². The molecule has 1 aliphatic carbocycles. The zero-order chi connectivity index (χ0) is 16.8. The van der Waals surface area contributed by atoms with Crippen molar-refractivity contribution in [3.8, 4) is 0 Å². The molecule has 4 nitrogen and oxygen atoms in total. The molecule has 1 aliphatic rings. The number of amides is 1. The minimum Gasteiger partial charge on any atom is -0.296 e. The van der Waals surface area contributed by atoms with E-state index in [9.17, 15) is 22.4 Å². The average molecular weight is 345 g/mol. The SMILES string of the molecule is CC1(c2nnc(NC(=O)c3cc(C(F)(F)F)ccc3F)s2)CC1. The van der Waals surface area contributed by atoms with Gasteiger partial charge in [0.1, 0.15) is 10.8 Å². The zero-order valence-corrected chi connectivity index (χ0v) is 12.7. The molecule has 1 saturated carbocycles. The minimum absolute atomic E-state index is 0.0396. The molecule has 0 saturated heterocycles. The van der Waals surface area contributed by atoms with Crippen molar-refractivity contribution in [2.24, 2.45) is 0 Å². The Hall–Kier alpha value is -2.03. The Balaban J connectivity index is 1.81. The van der Waals surface area contributed by atoms with Crippen molar-refractivity contribution >= 4 is 22.4 Å². The predicted octanol–water partition coefficient (Wildman–Crippen LogP) is 4.00. The first kappa shape index (κ1) is 15.9. The predicted molar refractivity (Wildman–Crippen MR) is 75.9 cm³/mol. The van der Waals surface area contributed by atoms with Crippen LogP contribution in [-0.2, 0) is 11.6 Å². The molecule has 3 rings (SSSR count). The van der Waals surface area contributed by atoms with E-state index < -0.39 is 29.0 Å². The van der Waals surface area contributed by atoms with Crippen LogP contribution in [-0.4, -0.2) is 16.1 Å². The third-order valence-corrected chi connectivity index (χ3v) is 4.84. The van der Waals surface area contributed by atoms with Crippen molar-refractivity contribution in [3.05, 3.63) is 40.2 Å². The van der Waals surface area contributed by atoms with Gasteiger partial charge in [-0.1, -0.05) is 18.3 Å². The number of aromatic nitrogens is 2. The molecule has 9 heteroatoms. The van der Waals surface area contributed by atoms with Gasteiger partial charge in [-0.2, -0.15) is 13.2 Å². The molecule has 0 aliphatic heterocycles. The van der Waals surface area contributed by atoms with Gasteiger partial charge in [0.2, 0.25) is 5.13 Å². The molecule has 1 N–H and O–H groups in total. The maximum atomic E-state index is 13.7. The summed E-state index contributed by atoms with van der Waals surface area (Å²) in [6, 6.07) is 1.69. The van der Waals surface area contributed by atoms with Gasteiger partial charge in [-0.05, 0) is 31.0 Å². The van der Waals surface area contributed by atoms with E-state index in [1.54, 1.807) is 0 Å². The van der Waals surface area contributed by atoms with Gasteiger partial charge in [0.25, 0.3) is 5.91 Å². The molecule has 0 atom stereocenters. The Morgan fingerprint density at radius 3 is 2.61 bits per heavy atom. The third kappa shape index (κ3) is 3.19. The highest BCUT2D eigenvalue weighted by molar-refractivity contribution is 7.15. The number of nitrogens with one attached hydrogen (secondary N) is 1. The minimum atomic E-state index is -4.65. The summed E-state index contributed by atoms with van der Waals surface area (Å²) >= 11 is 1.14. The molecule has 2 aromatic rings. The number of hydrogen-bond donors (Lipinski definition) is 1. The van der Waals surface area contributed by atoms with E-state index in [-0.39, 0.29) is 10.5 Å². The van der Waals surface area contributed by atoms with Crippen LogP contribution >= 0.6 is 11.3 Å². The average Bonchev–Trinajstić information content (AvgIpc) is 3.03. The molecule has 0 radical (unpaired) electrons. The first-order chi connectivity index (χ1) is 10.7. The zero-order valence-electron chi connectivity index (χ0n) is 11.9. The van der Waals surface area contributed by atoms with Gasteiger partial charge in [-0.15, -0.1) is 10.2 Å². The summed E-state index contributed by atoms with van der Waals surface area (Å²) in [5, 5.41) is 10.9. The Kier molecular flexibility index (Phi) is 3.62. The van der Waals surface area contributed by atoms with E-state index in [0.717, 1.165) is 29.2 Å². The first-order valence-electron chi connectivity index (χ1n) is 6.71. The Bertz CT molecular complexity index is 768. The van der Waals surface area contributed by atoms with Gasteiger partial charge < -0.3 is 0 Å². The number of anilines is 1. The van der Waals surface area contributed by atoms with Gasteiger partial charge in [-0.25, -0.2) is 4.39 Å². The number of carbonyl (C=O) groups is 1. The van der Waals surface area contributed by atoms with Crippen LogP contribution < -0.4 is 5.32 Å². The van der Waals surface area contributed by atoms with Crippen LogP contribution in [0.1, 0.15) is 40.7 Å². The Morgan fingerprint density at radius 2 is 2.00 bits per heavy atom. The number of carbonyl (C=O) groups excluding carboxylic acids is 1. The van der Waals surface area contributed by atoms with E-state index in [2.05, 4.69) is 15.5 Å². The smallest absolute Gasteiger partial charge is 0.296 e. The quantitative estimate of drug-likeness (QED) is 0.856. The number of alkyl halides is 3. The van der Waals surface area contributed by atoms with Crippen molar-refractivity contribution in [2.75, 3.05) is 5.32 Å². The summed E-state index contributed by atoms with van der Waals surface area (Å²) in [5.74, 6) is -2.02. The van der Waals surface area contributed by atoms with Crippen molar-refractivity contribution in [1.82, 2.24) is 10.2 Å². The number of hydrogen-bond acceptors (Lipinski definition) is 4. The molecule has 1 aromatic carbocycles. The molecule has 0 spiro atoms. The molecule has 1 aromatic heterocycles. The maximum absolute atomic E-state index is 13.7. The maximum Gasteiger partial charge on any atom is 0.416 e. The molecular weight excluding hydrogens is 334 g/mol. The highest BCUT2D eigenvalue weighted by Gasteiger charge is 2.42. The van der Waals surface area contributed by atoms with Crippen LogP contribution in [0.5, 0.6) is 0 Å². The van der Waals surface area contributed by atoms with E-state index in [0.29, 0.717) is 18.2 Å². The second-order valence-corrected chi connectivity index (χ2v) is 6.60. The summed E-state index contributed by atoms with van der Waals surface area (Å²) < 4.78 is 51.6. The topological polar surface area (TPSA) is 54.9 Å². The number of rotatable bonds is 3. The van der Waals surface area contributed by atoms with Gasteiger partial charge in [0, 0.05) is 5.41 Å². The number of halogens is 4. The fourth-order valence-electron chi connectivity index (χ4n) is 1.96. The lowest BCUT2D eigenvalue weighted by atomic mass is 10.1. The van der Waals surface area contributed by atoms with Gasteiger partial charge in [0.15, 0.2) is 0 Å². The van der Waals surface area contributed by atoms with E-state index in [4.69, 9.17) is 0 Å². The summed E-state index contributed by atoms with van der Waals surface area (Å²) in [4.78, 5) is 12.0. The van der Waals surface area contributed by atoms with Gasteiger partial charge in [0.05, 0.1) is 11.1 Å². The summed E-state index contributed by atoms with van der Waals surface area (Å²) in [6.45, 7) is 2.01. The standard InChI is InChI=1S/C14H11F4N3OS/c1-13(4-5-13)11-20-21-12(23-11)19-10(22)8-6-7(14(16,17)18)2-3-9(8)15/h2-3,6H,4-5H2,1H3,(H,19,21,22). The molecule has 1 amide bonds. The van der Waals surface area contributed by atoms with Crippen LogP contribution in [0.25, 0.3) is 0 Å². The fourth-order valence-corrected chi connectivity index (χ4v) is 2.90. The highest BCUT2D eigenvalue weighted by Crippen LogP contribution is 2.49. The van der Waals surface area contributed by atoms with E-state index in [1.165, 1.54) is 0 Å². The van der Waals surface area contributed by atoms with Crippen molar-refractivity contribution in [2.45, 2.75) is 31.4 Å². The normalized spacial score (nSPS) is 16.2. The lowest BCUT2D eigenvalue weighted by molar-refractivity contribution is -0.137. The molecule has 0 unspecified atom stereocenters. The number of benzene rings is 1. The number of nitrogens with zero attached hydrogens (tertiary/aromatic N) is 2. The van der Waals surface area contributed by atoms with Crippen LogP contribution in [0.3, 0.4) is 0 Å². The molecular formula is C14H11F4N3OS. The highest BCUT2D eigenvalue weighted by atomic mass is 32.1. The lowest BCUT2D eigenvalue weighted by Gasteiger charge is -2.09. The van der Waals surface area contributed by atoms with Crippen LogP contribution in [0.2, 0.25) is 0 Å². The van der Waals surface area contributed by atoms with E-state index >= 15 is 0 Å². The fraction of sp³-hybridized carbons (Fsp3) is 0.357. The summed E-state index contributed by atoms with van der Waals surface area (Å²) in [6.07, 6.45) is -2.71. The van der Waals surface area contributed by atoms with Crippen LogP contribution in [0, 0.1) is 5.82 Å². The second kappa shape index (κ2) is 5.26. The first-order valence-corrected chi connectivity index (χ1v) is 7.53. The molecule has 0 bridgehead atoms. The van der Waals surface area contributed by atoms with Crippen molar-refractivity contribution < 1.29 is 22.4 Å². The van der Waals surface area contributed by atoms with Gasteiger partial charge >= 0.3 is 6.18 Å².